The van der Waals surface area contributed by atoms with Crippen LogP contribution in [0.1, 0.15) is 23.6 Å². The molecule has 0 spiro atoms. The molecule has 1 saturated heterocycles. The topological polar surface area (TPSA) is 15.3 Å². The number of hydrogen-bond donors (Lipinski definition) is 1. The first-order valence-corrected chi connectivity index (χ1v) is 7.28. The van der Waals surface area contributed by atoms with E-state index in [0.717, 1.165) is 30.7 Å². The Labute approximate surface area is 129 Å². The molecular weight excluding hydrogens is 331 g/mol. The molecule has 0 radical (unpaired) electrons. The summed E-state index contributed by atoms with van der Waals surface area (Å²) in [5, 5.41) is 3.34. The Morgan fingerprint density at radius 3 is 2.68 bits per heavy atom. The summed E-state index contributed by atoms with van der Waals surface area (Å²) in [5.41, 5.74) is 2.50. The molecule has 0 aromatic heterocycles. The van der Waals surface area contributed by atoms with Crippen molar-refractivity contribution in [3.05, 3.63) is 33.8 Å². The van der Waals surface area contributed by atoms with Gasteiger partial charge in [-0.3, -0.25) is 9.29 Å². The Kier molecular flexibility index (Phi) is 7.29. The lowest BCUT2D eigenvalue weighted by Gasteiger charge is -2.35. The highest BCUT2D eigenvalue weighted by molar-refractivity contribution is 9.10. The van der Waals surface area contributed by atoms with E-state index in [0.29, 0.717) is 6.42 Å². The molecule has 1 aliphatic rings. The predicted octanol–water partition coefficient (Wildman–Crippen LogP) is 3.49. The monoisotopic (exact) mass is 350 g/mol. The zero-order chi connectivity index (χ0) is 13.0. The van der Waals surface area contributed by atoms with Gasteiger partial charge in [-0.25, -0.2) is 0 Å². The van der Waals surface area contributed by atoms with Crippen LogP contribution in [-0.4, -0.2) is 37.8 Å². The number of piperazine rings is 1. The second-order valence-corrected chi connectivity index (χ2v) is 5.70. The smallest absolute Gasteiger partial charge is 0.0912 e. The summed E-state index contributed by atoms with van der Waals surface area (Å²) >= 11 is 3.52. The molecule has 2 rings (SSSR count). The van der Waals surface area contributed by atoms with Crippen LogP contribution in [0.2, 0.25) is 0 Å². The largest absolute Gasteiger partial charge is 0.314 e. The van der Waals surface area contributed by atoms with Crippen LogP contribution in [-0.2, 0) is 0 Å². The summed E-state index contributed by atoms with van der Waals surface area (Å²) in [6, 6.07) is 6.49. The molecule has 0 bridgehead atoms. The molecule has 1 aromatic rings. The van der Waals surface area contributed by atoms with Crippen molar-refractivity contribution in [1.82, 2.24) is 10.2 Å². The van der Waals surface area contributed by atoms with Crippen LogP contribution in [0, 0.1) is 6.92 Å². The second kappa shape index (κ2) is 8.20. The van der Waals surface area contributed by atoms with Crippen LogP contribution in [0.25, 0.3) is 0 Å². The van der Waals surface area contributed by atoms with E-state index in [4.69, 9.17) is 0 Å². The summed E-state index contributed by atoms with van der Waals surface area (Å²) < 4.78 is 13.9. The lowest BCUT2D eigenvalue weighted by Crippen LogP contribution is -2.45. The molecule has 1 N–H and O–H groups in total. The van der Waals surface area contributed by atoms with E-state index in [-0.39, 0.29) is 25.1 Å². The number of rotatable bonds is 4. The molecule has 2 nitrogen and oxygen atoms in total. The number of hydrogen-bond acceptors (Lipinski definition) is 2. The van der Waals surface area contributed by atoms with Crippen LogP contribution in [0.3, 0.4) is 0 Å². The fourth-order valence-electron chi connectivity index (χ4n) is 2.60. The van der Waals surface area contributed by atoms with Crippen molar-refractivity contribution in [1.29, 1.82) is 0 Å². The standard InChI is InChI=1S/C14H20BrFN2.ClH/c1-11-2-3-12(15)10-13(11)14(4-5-16)18-8-6-17-7-9-18;/h2-3,10,14,17H,4-9H2,1H3;1H/t14-;/m0./s1. The normalized spacial score (nSPS) is 17.8. The third-order valence-corrected chi connectivity index (χ3v) is 4.07. The zero-order valence-corrected chi connectivity index (χ0v) is 13.6. The lowest BCUT2D eigenvalue weighted by atomic mass is 9.97. The van der Waals surface area contributed by atoms with Crippen LogP contribution < -0.4 is 5.32 Å². The highest BCUT2D eigenvalue weighted by Gasteiger charge is 2.23. The van der Waals surface area contributed by atoms with Crippen molar-refractivity contribution < 1.29 is 4.39 Å². The molecule has 0 aliphatic carbocycles. The van der Waals surface area contributed by atoms with E-state index in [1.165, 1.54) is 11.1 Å². The number of nitrogens with zero attached hydrogens (tertiary/aromatic N) is 1. The van der Waals surface area contributed by atoms with Gasteiger partial charge in [0.2, 0.25) is 0 Å². The average molecular weight is 352 g/mol. The summed E-state index contributed by atoms with van der Waals surface area (Å²) in [6.07, 6.45) is 0.581. The molecule has 19 heavy (non-hydrogen) atoms. The van der Waals surface area contributed by atoms with Crippen molar-refractivity contribution in [2.24, 2.45) is 0 Å². The first kappa shape index (κ1) is 16.9. The Morgan fingerprint density at radius 2 is 2.05 bits per heavy atom. The number of aryl methyl sites for hydroxylation is 1. The molecule has 1 heterocycles. The van der Waals surface area contributed by atoms with E-state index >= 15 is 0 Å². The molecule has 0 saturated carbocycles. The molecule has 1 fully saturated rings. The summed E-state index contributed by atoms with van der Waals surface area (Å²) in [7, 11) is 0. The van der Waals surface area contributed by atoms with Gasteiger partial charge in [-0.2, -0.15) is 0 Å². The van der Waals surface area contributed by atoms with E-state index in [1.54, 1.807) is 0 Å². The van der Waals surface area contributed by atoms with Crippen LogP contribution in [0.5, 0.6) is 0 Å². The van der Waals surface area contributed by atoms with Gasteiger partial charge in [0.05, 0.1) is 6.67 Å². The van der Waals surface area contributed by atoms with Gasteiger partial charge in [-0.15, -0.1) is 12.4 Å². The van der Waals surface area contributed by atoms with Gasteiger partial charge < -0.3 is 5.32 Å². The molecule has 1 aromatic carbocycles. The van der Waals surface area contributed by atoms with Crippen LogP contribution in [0.4, 0.5) is 4.39 Å². The van der Waals surface area contributed by atoms with Crippen LogP contribution >= 0.6 is 28.3 Å². The van der Waals surface area contributed by atoms with Gasteiger partial charge in [0, 0.05) is 36.7 Å². The Hall–Kier alpha value is -0.160. The molecule has 0 amide bonds. The predicted molar refractivity (Wildman–Crippen MR) is 83.9 cm³/mol. The first-order valence-electron chi connectivity index (χ1n) is 6.49. The SMILES string of the molecule is Cc1ccc(Br)cc1[C@H](CCF)N1CCNCC1.Cl. The maximum absolute atomic E-state index is 12.9. The van der Waals surface area contributed by atoms with Gasteiger partial charge in [0.25, 0.3) is 0 Å². The summed E-state index contributed by atoms with van der Waals surface area (Å²) in [5.74, 6) is 0. The molecular formula is C14H21BrClFN2. The van der Waals surface area contributed by atoms with Crippen molar-refractivity contribution in [2.75, 3.05) is 32.9 Å². The molecule has 0 unspecified atom stereocenters. The Bertz CT molecular complexity index is 397. The van der Waals surface area contributed by atoms with Gasteiger partial charge in [0.1, 0.15) is 0 Å². The maximum Gasteiger partial charge on any atom is 0.0912 e. The van der Waals surface area contributed by atoms with E-state index in [2.05, 4.69) is 45.2 Å². The zero-order valence-electron chi connectivity index (χ0n) is 11.2. The molecule has 1 atom stereocenters. The third-order valence-electron chi connectivity index (χ3n) is 3.58. The van der Waals surface area contributed by atoms with Gasteiger partial charge >= 0.3 is 0 Å². The highest BCUT2D eigenvalue weighted by Crippen LogP contribution is 2.29. The Balaban J connectivity index is 0.00000180. The summed E-state index contributed by atoms with van der Waals surface area (Å²) in [4.78, 5) is 2.39. The minimum Gasteiger partial charge on any atom is -0.314 e. The van der Waals surface area contributed by atoms with Crippen molar-refractivity contribution >= 4 is 28.3 Å². The molecule has 5 heteroatoms. The molecule has 108 valence electrons. The maximum atomic E-state index is 12.9. The first-order chi connectivity index (χ1) is 8.72. The van der Waals surface area contributed by atoms with Gasteiger partial charge in [-0.05, 0) is 36.6 Å². The fourth-order valence-corrected chi connectivity index (χ4v) is 2.98. The van der Waals surface area contributed by atoms with Crippen LogP contribution in [0.15, 0.2) is 22.7 Å². The summed E-state index contributed by atoms with van der Waals surface area (Å²) in [6.45, 7) is 5.83. The minimum atomic E-state index is -0.263. The second-order valence-electron chi connectivity index (χ2n) is 4.78. The number of halogens is 3. The van der Waals surface area contributed by atoms with Gasteiger partial charge in [0.15, 0.2) is 0 Å². The van der Waals surface area contributed by atoms with E-state index < -0.39 is 0 Å². The Morgan fingerprint density at radius 1 is 1.37 bits per heavy atom. The average Bonchev–Trinajstić information content (AvgIpc) is 2.40. The quantitative estimate of drug-likeness (QED) is 0.893. The minimum absolute atomic E-state index is 0. The lowest BCUT2D eigenvalue weighted by molar-refractivity contribution is 0.157. The highest BCUT2D eigenvalue weighted by atomic mass is 79.9. The van der Waals surface area contributed by atoms with Crippen molar-refractivity contribution in [3.63, 3.8) is 0 Å². The van der Waals surface area contributed by atoms with E-state index in [1.807, 2.05) is 6.07 Å². The fraction of sp³-hybridized carbons (Fsp3) is 0.571. The number of alkyl halides is 1. The van der Waals surface area contributed by atoms with Crippen molar-refractivity contribution in [2.45, 2.75) is 19.4 Å². The van der Waals surface area contributed by atoms with Crippen molar-refractivity contribution in [3.8, 4) is 0 Å². The number of nitrogens with one attached hydrogen (secondary N) is 1. The third kappa shape index (κ3) is 4.42. The van der Waals surface area contributed by atoms with Gasteiger partial charge in [-0.1, -0.05) is 22.0 Å². The molecule has 1 aliphatic heterocycles. The van der Waals surface area contributed by atoms with E-state index in [9.17, 15) is 4.39 Å². The number of benzene rings is 1.